The van der Waals surface area contributed by atoms with Gasteiger partial charge in [0.1, 0.15) is 0 Å². The third-order valence-corrected chi connectivity index (χ3v) is 3.30. The van der Waals surface area contributed by atoms with Crippen LogP contribution in [0.25, 0.3) is 0 Å². The van der Waals surface area contributed by atoms with Gasteiger partial charge in [0.2, 0.25) is 0 Å². The Bertz CT molecular complexity index is 289. The first kappa shape index (κ1) is 14.4. The second kappa shape index (κ2) is 9.41. The maximum absolute atomic E-state index is 4.02. The molecule has 1 N–H and O–H groups in total. The van der Waals surface area contributed by atoms with Crippen LogP contribution in [0.3, 0.4) is 0 Å². The minimum Gasteiger partial charge on any atom is -0.310 e. The van der Waals surface area contributed by atoms with Gasteiger partial charge in [-0.2, -0.15) is 11.8 Å². The second-order valence-electron chi connectivity index (χ2n) is 4.01. The van der Waals surface area contributed by atoms with Crippen LogP contribution in [0.4, 0.5) is 0 Å². The standard InChI is InChI=1S/C11H23N5S/c1-3-12-10-11-13-14-15-16(11)8-6-4-5-7-9-17-2/h12H,3-10H2,1-2H3. The molecule has 0 aliphatic carbocycles. The normalized spacial score (nSPS) is 10.9. The number of aryl methyl sites for hydroxylation is 1. The number of thioether (sulfide) groups is 1. The number of aromatic nitrogens is 4. The molecule has 0 aliphatic heterocycles. The van der Waals surface area contributed by atoms with Gasteiger partial charge in [0, 0.05) is 6.54 Å². The number of unbranched alkanes of at least 4 members (excludes halogenated alkanes) is 3. The maximum atomic E-state index is 4.02. The van der Waals surface area contributed by atoms with E-state index in [0.29, 0.717) is 0 Å². The number of rotatable bonds is 10. The summed E-state index contributed by atoms with van der Waals surface area (Å²) in [6, 6.07) is 0. The summed E-state index contributed by atoms with van der Waals surface area (Å²) in [5.41, 5.74) is 0. The summed E-state index contributed by atoms with van der Waals surface area (Å²) in [7, 11) is 0. The SMILES string of the molecule is CCNCc1nnnn1CCCCCCSC. The fraction of sp³-hybridized carbons (Fsp3) is 0.909. The Balaban J connectivity index is 2.15. The Morgan fingerprint density at radius 2 is 2.06 bits per heavy atom. The summed E-state index contributed by atoms with van der Waals surface area (Å²) in [6.45, 7) is 4.73. The maximum Gasteiger partial charge on any atom is 0.165 e. The van der Waals surface area contributed by atoms with E-state index in [9.17, 15) is 0 Å². The van der Waals surface area contributed by atoms with Crippen molar-refractivity contribution in [2.75, 3.05) is 18.6 Å². The van der Waals surface area contributed by atoms with E-state index in [0.717, 1.165) is 25.5 Å². The van der Waals surface area contributed by atoms with E-state index in [1.165, 1.54) is 31.4 Å². The molecular formula is C11H23N5S. The van der Waals surface area contributed by atoms with E-state index in [2.05, 4.69) is 34.0 Å². The number of tetrazole rings is 1. The van der Waals surface area contributed by atoms with E-state index in [4.69, 9.17) is 0 Å². The highest BCUT2D eigenvalue weighted by molar-refractivity contribution is 7.98. The lowest BCUT2D eigenvalue weighted by Crippen LogP contribution is -2.17. The van der Waals surface area contributed by atoms with Crippen molar-refractivity contribution in [2.45, 2.75) is 45.7 Å². The van der Waals surface area contributed by atoms with Gasteiger partial charge in [0.15, 0.2) is 5.82 Å². The molecule has 98 valence electrons. The van der Waals surface area contributed by atoms with Crippen LogP contribution >= 0.6 is 11.8 Å². The van der Waals surface area contributed by atoms with Crippen LogP contribution in [0.1, 0.15) is 38.4 Å². The van der Waals surface area contributed by atoms with Gasteiger partial charge >= 0.3 is 0 Å². The average Bonchev–Trinajstić information content (AvgIpc) is 2.78. The summed E-state index contributed by atoms with van der Waals surface area (Å²) in [5, 5.41) is 15.0. The molecule has 0 atom stereocenters. The molecule has 17 heavy (non-hydrogen) atoms. The summed E-state index contributed by atoms with van der Waals surface area (Å²) >= 11 is 1.92. The zero-order valence-electron chi connectivity index (χ0n) is 10.9. The van der Waals surface area contributed by atoms with E-state index < -0.39 is 0 Å². The third kappa shape index (κ3) is 6.02. The monoisotopic (exact) mass is 257 g/mol. The molecule has 0 unspecified atom stereocenters. The molecule has 0 fully saturated rings. The summed E-state index contributed by atoms with van der Waals surface area (Å²) in [4.78, 5) is 0. The van der Waals surface area contributed by atoms with E-state index in [1.54, 1.807) is 0 Å². The van der Waals surface area contributed by atoms with Crippen LogP contribution < -0.4 is 5.32 Å². The largest absolute Gasteiger partial charge is 0.310 e. The van der Waals surface area contributed by atoms with Gasteiger partial charge in [-0.05, 0) is 41.8 Å². The van der Waals surface area contributed by atoms with E-state index in [1.807, 2.05) is 16.4 Å². The lowest BCUT2D eigenvalue weighted by molar-refractivity contribution is 0.503. The van der Waals surface area contributed by atoms with Gasteiger partial charge < -0.3 is 5.32 Å². The first-order chi connectivity index (χ1) is 8.38. The molecule has 0 radical (unpaired) electrons. The smallest absolute Gasteiger partial charge is 0.165 e. The van der Waals surface area contributed by atoms with Gasteiger partial charge in [0.25, 0.3) is 0 Å². The summed E-state index contributed by atoms with van der Waals surface area (Å²) in [5.74, 6) is 2.22. The Morgan fingerprint density at radius 3 is 2.82 bits per heavy atom. The minimum absolute atomic E-state index is 0.760. The van der Waals surface area contributed by atoms with Gasteiger partial charge in [-0.25, -0.2) is 4.68 Å². The van der Waals surface area contributed by atoms with Crippen LogP contribution in [-0.4, -0.2) is 38.8 Å². The number of hydrogen-bond donors (Lipinski definition) is 1. The zero-order valence-corrected chi connectivity index (χ0v) is 11.7. The zero-order chi connectivity index (χ0) is 12.3. The third-order valence-electron chi connectivity index (χ3n) is 2.61. The van der Waals surface area contributed by atoms with Crippen molar-refractivity contribution in [3.63, 3.8) is 0 Å². The van der Waals surface area contributed by atoms with Crippen LogP contribution in [-0.2, 0) is 13.1 Å². The highest BCUT2D eigenvalue weighted by Crippen LogP contribution is 2.06. The van der Waals surface area contributed by atoms with Crippen molar-refractivity contribution in [1.82, 2.24) is 25.5 Å². The molecule has 0 aliphatic rings. The van der Waals surface area contributed by atoms with Crippen LogP contribution in [0.2, 0.25) is 0 Å². The summed E-state index contributed by atoms with van der Waals surface area (Å²) in [6.07, 6.45) is 7.22. The second-order valence-corrected chi connectivity index (χ2v) is 4.99. The lowest BCUT2D eigenvalue weighted by atomic mass is 10.2. The fourth-order valence-electron chi connectivity index (χ4n) is 1.62. The van der Waals surface area contributed by atoms with Gasteiger partial charge in [0.05, 0.1) is 6.54 Å². The van der Waals surface area contributed by atoms with Crippen LogP contribution in [0, 0.1) is 0 Å². The lowest BCUT2D eigenvalue weighted by Gasteiger charge is -2.04. The molecule has 0 saturated heterocycles. The number of hydrogen-bond acceptors (Lipinski definition) is 5. The first-order valence-electron chi connectivity index (χ1n) is 6.33. The predicted octanol–water partition coefficient (Wildman–Crippen LogP) is 1.71. The Labute approximate surface area is 108 Å². The van der Waals surface area contributed by atoms with Crippen LogP contribution in [0.15, 0.2) is 0 Å². The van der Waals surface area contributed by atoms with Gasteiger partial charge in [-0.3, -0.25) is 0 Å². The molecule has 1 rings (SSSR count). The molecule has 6 heteroatoms. The van der Waals surface area contributed by atoms with E-state index in [-0.39, 0.29) is 0 Å². The van der Waals surface area contributed by atoms with Crippen molar-refractivity contribution < 1.29 is 0 Å². The van der Waals surface area contributed by atoms with Crippen molar-refractivity contribution in [3.05, 3.63) is 5.82 Å². The Morgan fingerprint density at radius 1 is 1.24 bits per heavy atom. The average molecular weight is 257 g/mol. The van der Waals surface area contributed by atoms with Crippen molar-refractivity contribution in [2.24, 2.45) is 0 Å². The minimum atomic E-state index is 0.760. The summed E-state index contributed by atoms with van der Waals surface area (Å²) < 4.78 is 1.91. The molecule has 0 aromatic carbocycles. The number of nitrogens with zero attached hydrogens (tertiary/aromatic N) is 4. The quantitative estimate of drug-likeness (QED) is 0.647. The molecule has 0 amide bonds. The Hall–Kier alpha value is -0.620. The molecule has 1 heterocycles. The van der Waals surface area contributed by atoms with Gasteiger partial charge in [-0.15, -0.1) is 5.10 Å². The molecule has 0 saturated carbocycles. The molecule has 0 spiro atoms. The number of nitrogens with one attached hydrogen (secondary N) is 1. The first-order valence-corrected chi connectivity index (χ1v) is 7.72. The molecular weight excluding hydrogens is 234 g/mol. The topological polar surface area (TPSA) is 55.6 Å². The molecule has 1 aromatic rings. The Kier molecular flexibility index (Phi) is 8.00. The molecule has 5 nitrogen and oxygen atoms in total. The van der Waals surface area contributed by atoms with Crippen molar-refractivity contribution in [3.8, 4) is 0 Å². The van der Waals surface area contributed by atoms with Crippen molar-refractivity contribution >= 4 is 11.8 Å². The molecule has 0 bridgehead atoms. The van der Waals surface area contributed by atoms with Gasteiger partial charge in [-0.1, -0.05) is 19.8 Å². The molecule has 1 aromatic heterocycles. The predicted molar refractivity (Wildman–Crippen MR) is 72.0 cm³/mol. The highest BCUT2D eigenvalue weighted by Gasteiger charge is 2.04. The van der Waals surface area contributed by atoms with Crippen LogP contribution in [0.5, 0.6) is 0 Å². The highest BCUT2D eigenvalue weighted by atomic mass is 32.2. The fourth-order valence-corrected chi connectivity index (χ4v) is 2.11. The van der Waals surface area contributed by atoms with Crippen molar-refractivity contribution in [1.29, 1.82) is 0 Å². The van der Waals surface area contributed by atoms with E-state index >= 15 is 0 Å².